The first-order chi connectivity index (χ1) is 7.06. The van der Waals surface area contributed by atoms with Gasteiger partial charge in [0.15, 0.2) is 0 Å². The zero-order valence-corrected chi connectivity index (χ0v) is 8.90. The van der Waals surface area contributed by atoms with Crippen LogP contribution in [0.15, 0.2) is 11.6 Å². The molecule has 1 amide bonds. The summed E-state index contributed by atoms with van der Waals surface area (Å²) in [6.45, 7) is 3.96. The topological polar surface area (TPSA) is 66.8 Å². The van der Waals surface area contributed by atoms with Crippen molar-refractivity contribution in [3.63, 3.8) is 0 Å². The van der Waals surface area contributed by atoms with E-state index in [-0.39, 0.29) is 12.6 Å². The first kappa shape index (κ1) is 11.6. The van der Waals surface area contributed by atoms with E-state index >= 15 is 0 Å². The first-order valence-corrected chi connectivity index (χ1v) is 4.92. The second-order valence-electron chi connectivity index (χ2n) is 3.45. The zero-order chi connectivity index (χ0) is 11.4. The number of hydrogen-bond acceptors (Lipinski definition) is 3. The second-order valence-corrected chi connectivity index (χ2v) is 3.45. The van der Waals surface area contributed by atoms with Gasteiger partial charge in [-0.25, -0.2) is 9.59 Å². The van der Waals surface area contributed by atoms with Gasteiger partial charge in [-0.2, -0.15) is 0 Å². The molecule has 0 spiro atoms. The summed E-state index contributed by atoms with van der Waals surface area (Å²) in [7, 11) is 0. The summed E-state index contributed by atoms with van der Waals surface area (Å²) in [4.78, 5) is 23.4. The van der Waals surface area contributed by atoms with Gasteiger partial charge in [-0.1, -0.05) is 6.08 Å². The van der Waals surface area contributed by atoms with Crippen LogP contribution in [0.4, 0.5) is 4.79 Å². The molecular weight excluding hydrogens is 198 g/mol. The normalized spacial score (nSPS) is 20.8. The number of ether oxygens (including phenoxy) is 1. The number of amides is 1. The predicted octanol–water partition coefficient (Wildman–Crippen LogP) is 1.25. The molecule has 0 saturated heterocycles. The maximum atomic E-state index is 11.4. The Balaban J connectivity index is 2.70. The van der Waals surface area contributed by atoms with Crippen LogP contribution in [0.5, 0.6) is 0 Å². The summed E-state index contributed by atoms with van der Waals surface area (Å²) in [5.74, 6) is -0.421. The molecule has 0 saturated carbocycles. The molecule has 1 rings (SSSR count). The summed E-state index contributed by atoms with van der Waals surface area (Å²) < 4.78 is 4.82. The Morgan fingerprint density at radius 2 is 2.33 bits per heavy atom. The molecule has 0 aromatic rings. The highest BCUT2D eigenvalue weighted by Crippen LogP contribution is 2.17. The minimum atomic E-state index is -1.00. The third kappa shape index (κ3) is 2.71. The highest BCUT2D eigenvalue weighted by molar-refractivity contribution is 5.89. The summed E-state index contributed by atoms with van der Waals surface area (Å²) in [6, 6.07) is -0.0827. The van der Waals surface area contributed by atoms with Crippen molar-refractivity contribution in [3.05, 3.63) is 11.6 Å². The average Bonchev–Trinajstić information content (AvgIpc) is 2.18. The highest BCUT2D eigenvalue weighted by atomic mass is 16.5. The molecule has 1 N–H and O–H groups in total. The fraction of sp³-hybridized carbons (Fsp3) is 0.600. The van der Waals surface area contributed by atoms with Crippen molar-refractivity contribution >= 4 is 12.1 Å². The van der Waals surface area contributed by atoms with Crippen molar-refractivity contribution in [2.24, 2.45) is 0 Å². The fourth-order valence-corrected chi connectivity index (χ4v) is 1.47. The van der Waals surface area contributed by atoms with Crippen LogP contribution >= 0.6 is 0 Å². The molecule has 1 heterocycles. The Bertz CT molecular complexity index is 298. The van der Waals surface area contributed by atoms with Crippen molar-refractivity contribution in [3.8, 4) is 0 Å². The van der Waals surface area contributed by atoms with E-state index in [0.717, 1.165) is 0 Å². The molecule has 84 valence electrons. The SMILES string of the molecule is CCOC(=O)C1=CC[C@H](C)N(C(=O)O)C1. The summed E-state index contributed by atoms with van der Waals surface area (Å²) in [5.41, 5.74) is 0.428. The van der Waals surface area contributed by atoms with E-state index in [4.69, 9.17) is 9.84 Å². The zero-order valence-electron chi connectivity index (χ0n) is 8.90. The maximum absolute atomic E-state index is 11.4. The van der Waals surface area contributed by atoms with Crippen molar-refractivity contribution < 1.29 is 19.4 Å². The monoisotopic (exact) mass is 213 g/mol. The molecule has 0 unspecified atom stereocenters. The van der Waals surface area contributed by atoms with Gasteiger partial charge in [-0.15, -0.1) is 0 Å². The van der Waals surface area contributed by atoms with Crippen molar-refractivity contribution in [1.29, 1.82) is 0 Å². The van der Waals surface area contributed by atoms with Gasteiger partial charge in [-0.3, -0.25) is 0 Å². The number of carboxylic acid groups (broad SMARTS) is 1. The molecule has 1 aliphatic heterocycles. The quantitative estimate of drug-likeness (QED) is 0.701. The minimum Gasteiger partial charge on any atom is -0.465 e. The van der Waals surface area contributed by atoms with Gasteiger partial charge in [0.2, 0.25) is 0 Å². The number of carbonyl (C=O) groups is 2. The van der Waals surface area contributed by atoms with Gasteiger partial charge in [0, 0.05) is 6.04 Å². The van der Waals surface area contributed by atoms with Gasteiger partial charge >= 0.3 is 12.1 Å². The number of rotatable bonds is 2. The Morgan fingerprint density at radius 1 is 1.67 bits per heavy atom. The smallest absolute Gasteiger partial charge is 0.407 e. The number of nitrogens with zero attached hydrogens (tertiary/aromatic N) is 1. The second kappa shape index (κ2) is 4.82. The van der Waals surface area contributed by atoms with Gasteiger partial charge in [0.05, 0.1) is 18.7 Å². The van der Waals surface area contributed by atoms with Crippen LogP contribution in [-0.2, 0) is 9.53 Å². The van der Waals surface area contributed by atoms with E-state index in [1.54, 1.807) is 13.0 Å². The van der Waals surface area contributed by atoms with Gasteiger partial charge < -0.3 is 14.7 Å². The van der Waals surface area contributed by atoms with Crippen LogP contribution in [0, 0.1) is 0 Å². The van der Waals surface area contributed by atoms with Crippen LogP contribution in [0.25, 0.3) is 0 Å². The third-order valence-electron chi connectivity index (χ3n) is 2.36. The van der Waals surface area contributed by atoms with Gasteiger partial charge in [0.1, 0.15) is 0 Å². The van der Waals surface area contributed by atoms with E-state index in [2.05, 4.69) is 0 Å². The van der Waals surface area contributed by atoms with Crippen molar-refractivity contribution in [2.45, 2.75) is 26.3 Å². The molecule has 5 heteroatoms. The molecule has 5 nitrogen and oxygen atoms in total. The third-order valence-corrected chi connectivity index (χ3v) is 2.36. The van der Waals surface area contributed by atoms with Gasteiger partial charge in [0.25, 0.3) is 0 Å². The molecule has 1 atom stereocenters. The summed E-state index contributed by atoms with van der Waals surface area (Å²) in [6.07, 6.45) is 1.31. The molecule has 0 aliphatic carbocycles. The van der Waals surface area contributed by atoms with Crippen LogP contribution in [0.3, 0.4) is 0 Å². The van der Waals surface area contributed by atoms with Crippen LogP contribution in [-0.4, -0.2) is 41.3 Å². The van der Waals surface area contributed by atoms with E-state index in [9.17, 15) is 9.59 Å². The van der Waals surface area contributed by atoms with Crippen LogP contribution in [0.1, 0.15) is 20.3 Å². The highest BCUT2D eigenvalue weighted by Gasteiger charge is 2.26. The molecule has 1 aliphatic rings. The lowest BCUT2D eigenvalue weighted by Crippen LogP contribution is -2.42. The van der Waals surface area contributed by atoms with Gasteiger partial charge in [-0.05, 0) is 20.3 Å². The Morgan fingerprint density at radius 3 is 2.87 bits per heavy atom. The molecular formula is C10H15NO4. The van der Waals surface area contributed by atoms with E-state index in [0.29, 0.717) is 18.6 Å². The largest absolute Gasteiger partial charge is 0.465 e. The maximum Gasteiger partial charge on any atom is 0.407 e. The molecule has 0 bridgehead atoms. The van der Waals surface area contributed by atoms with Crippen LogP contribution < -0.4 is 0 Å². The number of hydrogen-bond donors (Lipinski definition) is 1. The van der Waals surface area contributed by atoms with Crippen molar-refractivity contribution in [1.82, 2.24) is 4.90 Å². The summed E-state index contributed by atoms with van der Waals surface area (Å²) >= 11 is 0. The molecule has 0 aromatic heterocycles. The minimum absolute atomic E-state index is 0.0827. The molecule has 15 heavy (non-hydrogen) atoms. The Hall–Kier alpha value is -1.52. The van der Waals surface area contributed by atoms with Crippen molar-refractivity contribution in [2.75, 3.05) is 13.2 Å². The summed E-state index contributed by atoms with van der Waals surface area (Å²) in [5, 5.41) is 8.88. The predicted molar refractivity (Wildman–Crippen MR) is 53.5 cm³/mol. The van der Waals surface area contributed by atoms with E-state index in [1.807, 2.05) is 6.92 Å². The standard InChI is InChI=1S/C10H15NO4/c1-3-15-9(12)8-5-4-7(2)11(6-8)10(13)14/h5,7H,3-4,6H2,1-2H3,(H,13,14)/t7-/m0/s1. The Labute approximate surface area is 88.3 Å². The number of carbonyl (C=O) groups excluding carboxylic acids is 1. The molecule has 0 aromatic carbocycles. The van der Waals surface area contributed by atoms with E-state index < -0.39 is 12.1 Å². The van der Waals surface area contributed by atoms with E-state index in [1.165, 1.54) is 4.90 Å². The molecule has 0 radical (unpaired) electrons. The first-order valence-electron chi connectivity index (χ1n) is 4.92. The lowest BCUT2D eigenvalue weighted by Gasteiger charge is -2.30. The lowest BCUT2D eigenvalue weighted by atomic mass is 10.0. The van der Waals surface area contributed by atoms with Crippen LogP contribution in [0.2, 0.25) is 0 Å². The average molecular weight is 213 g/mol. The fourth-order valence-electron chi connectivity index (χ4n) is 1.47. The molecule has 0 fully saturated rings. The number of esters is 1. The lowest BCUT2D eigenvalue weighted by molar-refractivity contribution is -0.138. The Kier molecular flexibility index (Phi) is 3.71.